The molecular weight excluding hydrogens is 286 g/mol. The van der Waals surface area contributed by atoms with Gasteiger partial charge in [0.25, 0.3) is 5.91 Å². The molecule has 2 N–H and O–H groups in total. The third-order valence-electron chi connectivity index (χ3n) is 3.20. The zero-order valence-corrected chi connectivity index (χ0v) is 12.6. The largest absolute Gasteiger partial charge is 0.508 e. The molecule has 1 aromatic carbocycles. The second-order valence-corrected chi connectivity index (χ2v) is 5.04. The van der Waals surface area contributed by atoms with E-state index in [2.05, 4.69) is 5.32 Å². The highest BCUT2D eigenvalue weighted by Crippen LogP contribution is 2.25. The van der Waals surface area contributed by atoms with Gasteiger partial charge in [0.15, 0.2) is 6.10 Å². The summed E-state index contributed by atoms with van der Waals surface area (Å²) in [4.78, 5) is 23.6. The number of phenolic OH excluding ortho intramolecular Hbond substituents is 1. The summed E-state index contributed by atoms with van der Waals surface area (Å²) in [6, 6.07) is 4.67. The summed E-state index contributed by atoms with van der Waals surface area (Å²) in [7, 11) is 0. The smallest absolute Gasteiger partial charge is 0.311 e. The van der Waals surface area contributed by atoms with Crippen molar-refractivity contribution in [2.24, 2.45) is 0 Å². The van der Waals surface area contributed by atoms with Gasteiger partial charge < -0.3 is 19.6 Å². The van der Waals surface area contributed by atoms with Crippen molar-refractivity contribution in [1.82, 2.24) is 5.32 Å². The minimum atomic E-state index is -0.832. The van der Waals surface area contributed by atoms with Gasteiger partial charge in [-0.15, -0.1) is 0 Å². The molecule has 2 rings (SSSR count). The first kappa shape index (κ1) is 15.9. The van der Waals surface area contributed by atoms with E-state index in [1.807, 2.05) is 6.92 Å². The Morgan fingerprint density at radius 1 is 1.41 bits per heavy atom. The predicted octanol–water partition coefficient (Wildman–Crippen LogP) is 2.14. The molecule has 0 spiro atoms. The van der Waals surface area contributed by atoms with E-state index in [1.165, 1.54) is 25.3 Å². The molecule has 1 amide bonds. The Labute approximate surface area is 128 Å². The maximum Gasteiger partial charge on any atom is 0.311 e. The number of aromatic hydroxyl groups is 1. The lowest BCUT2D eigenvalue weighted by Crippen LogP contribution is -2.36. The van der Waals surface area contributed by atoms with Crippen molar-refractivity contribution in [3.63, 3.8) is 0 Å². The molecule has 0 unspecified atom stereocenters. The van der Waals surface area contributed by atoms with E-state index < -0.39 is 12.1 Å². The molecule has 0 aliphatic rings. The van der Waals surface area contributed by atoms with Gasteiger partial charge in [0.05, 0.1) is 12.7 Å². The number of ether oxygens (including phenoxy) is 1. The van der Waals surface area contributed by atoms with Crippen LogP contribution < -0.4 is 5.32 Å². The number of nitrogens with one attached hydrogen (secondary N) is 1. The van der Waals surface area contributed by atoms with Crippen LogP contribution in [-0.4, -0.2) is 29.6 Å². The first-order valence-electron chi connectivity index (χ1n) is 7.17. The van der Waals surface area contributed by atoms with E-state index in [4.69, 9.17) is 9.15 Å². The first-order valence-corrected chi connectivity index (χ1v) is 7.17. The van der Waals surface area contributed by atoms with E-state index in [9.17, 15) is 14.7 Å². The van der Waals surface area contributed by atoms with Crippen LogP contribution in [0.15, 0.2) is 28.9 Å². The van der Waals surface area contributed by atoms with E-state index >= 15 is 0 Å². The topological polar surface area (TPSA) is 88.8 Å². The van der Waals surface area contributed by atoms with Gasteiger partial charge in [0.1, 0.15) is 11.3 Å². The summed E-state index contributed by atoms with van der Waals surface area (Å²) in [5.41, 5.74) is 1.15. The monoisotopic (exact) mass is 305 g/mol. The van der Waals surface area contributed by atoms with E-state index in [0.717, 1.165) is 11.8 Å². The van der Waals surface area contributed by atoms with Crippen molar-refractivity contribution >= 4 is 22.8 Å². The minimum absolute atomic E-state index is 0.00315. The van der Waals surface area contributed by atoms with Gasteiger partial charge in [-0.25, -0.2) is 0 Å². The maximum absolute atomic E-state index is 11.9. The van der Waals surface area contributed by atoms with Crippen LogP contribution in [0.1, 0.15) is 25.8 Å². The average molecular weight is 305 g/mol. The molecule has 22 heavy (non-hydrogen) atoms. The number of carbonyl (C=O) groups excluding carboxylic acids is 2. The molecule has 0 bridgehead atoms. The molecule has 1 heterocycles. The van der Waals surface area contributed by atoms with Crippen LogP contribution in [0.5, 0.6) is 5.75 Å². The molecule has 0 saturated heterocycles. The number of benzene rings is 1. The fourth-order valence-electron chi connectivity index (χ4n) is 2.05. The Morgan fingerprint density at radius 2 is 2.18 bits per heavy atom. The zero-order chi connectivity index (χ0) is 16.1. The number of fused-ring (bicyclic) bond motifs is 1. The Kier molecular flexibility index (Phi) is 5.04. The maximum atomic E-state index is 11.9. The van der Waals surface area contributed by atoms with E-state index in [-0.39, 0.29) is 18.1 Å². The third-order valence-corrected chi connectivity index (χ3v) is 3.20. The molecule has 0 saturated carbocycles. The first-order chi connectivity index (χ1) is 10.5. The summed E-state index contributed by atoms with van der Waals surface area (Å²) in [5.74, 6) is -0.718. The van der Waals surface area contributed by atoms with Gasteiger partial charge in [-0.05, 0) is 25.5 Å². The van der Waals surface area contributed by atoms with Crippen molar-refractivity contribution in [3.8, 4) is 5.75 Å². The lowest BCUT2D eigenvalue weighted by Gasteiger charge is -2.12. The molecule has 0 aliphatic heterocycles. The van der Waals surface area contributed by atoms with Crippen molar-refractivity contribution in [2.45, 2.75) is 32.8 Å². The van der Waals surface area contributed by atoms with Crippen LogP contribution in [0.3, 0.4) is 0 Å². The molecule has 1 aromatic heterocycles. The number of esters is 1. The normalized spacial score (nSPS) is 12.1. The van der Waals surface area contributed by atoms with Gasteiger partial charge in [-0.2, -0.15) is 0 Å². The van der Waals surface area contributed by atoms with Gasteiger partial charge in [-0.1, -0.05) is 6.92 Å². The number of carbonyl (C=O) groups is 2. The van der Waals surface area contributed by atoms with Crippen LogP contribution in [0.2, 0.25) is 0 Å². The number of furan rings is 1. The second-order valence-electron chi connectivity index (χ2n) is 5.04. The molecule has 0 radical (unpaired) electrons. The quantitative estimate of drug-likeness (QED) is 0.798. The number of rotatable bonds is 6. The van der Waals surface area contributed by atoms with Crippen LogP contribution in [0, 0.1) is 0 Å². The fraction of sp³-hybridized carbons (Fsp3) is 0.375. The number of amides is 1. The molecule has 118 valence electrons. The summed E-state index contributed by atoms with van der Waals surface area (Å²) in [6.07, 6.45) is 1.44. The number of phenols is 1. The summed E-state index contributed by atoms with van der Waals surface area (Å²) < 4.78 is 10.4. The fourth-order valence-corrected chi connectivity index (χ4v) is 2.05. The van der Waals surface area contributed by atoms with Crippen molar-refractivity contribution in [1.29, 1.82) is 0 Å². The Bertz CT molecular complexity index is 676. The number of hydrogen-bond donors (Lipinski definition) is 2. The zero-order valence-electron chi connectivity index (χ0n) is 12.6. The average Bonchev–Trinajstić information content (AvgIpc) is 2.86. The summed E-state index contributed by atoms with van der Waals surface area (Å²) >= 11 is 0. The molecule has 0 aliphatic carbocycles. The summed E-state index contributed by atoms with van der Waals surface area (Å²) in [6.45, 7) is 4.03. The van der Waals surface area contributed by atoms with Crippen LogP contribution >= 0.6 is 0 Å². The highest BCUT2D eigenvalue weighted by Gasteiger charge is 2.19. The van der Waals surface area contributed by atoms with E-state index in [0.29, 0.717) is 17.7 Å². The predicted molar refractivity (Wildman–Crippen MR) is 80.4 cm³/mol. The molecule has 6 nitrogen and oxygen atoms in total. The van der Waals surface area contributed by atoms with Crippen LogP contribution in [0.4, 0.5) is 0 Å². The van der Waals surface area contributed by atoms with E-state index in [1.54, 1.807) is 6.07 Å². The Morgan fingerprint density at radius 3 is 2.91 bits per heavy atom. The van der Waals surface area contributed by atoms with Gasteiger partial charge in [0.2, 0.25) is 0 Å². The third kappa shape index (κ3) is 3.78. The Hall–Kier alpha value is -2.50. The highest BCUT2D eigenvalue weighted by molar-refractivity contribution is 5.88. The molecule has 2 aromatic rings. The van der Waals surface area contributed by atoms with Crippen molar-refractivity contribution < 1.29 is 23.8 Å². The molecular formula is C16H19NO5. The minimum Gasteiger partial charge on any atom is -0.508 e. The summed E-state index contributed by atoms with van der Waals surface area (Å²) in [5, 5.41) is 12.8. The second kappa shape index (κ2) is 6.98. The number of hydrogen-bond acceptors (Lipinski definition) is 5. The van der Waals surface area contributed by atoms with Gasteiger partial charge >= 0.3 is 5.97 Å². The van der Waals surface area contributed by atoms with Gasteiger partial charge in [-0.3, -0.25) is 9.59 Å². The molecule has 1 atom stereocenters. The van der Waals surface area contributed by atoms with Crippen molar-refractivity contribution in [3.05, 3.63) is 30.0 Å². The SMILES string of the molecule is CCCNC(=O)[C@H](C)OC(=O)Cc1coc2cc(O)ccc12. The molecule has 0 fully saturated rings. The van der Waals surface area contributed by atoms with Crippen LogP contribution in [-0.2, 0) is 20.7 Å². The van der Waals surface area contributed by atoms with Crippen molar-refractivity contribution in [2.75, 3.05) is 6.54 Å². The Balaban J connectivity index is 1.97. The van der Waals surface area contributed by atoms with Crippen LogP contribution in [0.25, 0.3) is 11.0 Å². The highest BCUT2D eigenvalue weighted by atomic mass is 16.5. The van der Waals surface area contributed by atoms with Gasteiger partial charge in [0, 0.05) is 23.6 Å². The standard InChI is InChI=1S/C16H19NO5/c1-3-6-17-16(20)10(2)22-15(19)7-11-9-21-14-8-12(18)4-5-13(11)14/h4-5,8-10,18H,3,6-7H2,1-2H3,(H,17,20)/t10-/m0/s1. The lowest BCUT2D eigenvalue weighted by atomic mass is 10.1. The lowest BCUT2D eigenvalue weighted by molar-refractivity contribution is -0.154. The molecule has 6 heteroatoms.